The molecule has 0 aromatic heterocycles. The summed E-state index contributed by atoms with van der Waals surface area (Å²) < 4.78 is 0. The third-order valence-corrected chi connectivity index (χ3v) is 2.59. The Balaban J connectivity index is 2.75. The first kappa shape index (κ1) is 13.7. The molecule has 1 rings (SSSR count). The molecule has 0 radical (unpaired) electrons. The largest absolute Gasteiger partial charge is 0.355 e. The molecule has 0 spiro atoms. The maximum atomic E-state index is 12.0. The number of piperazine rings is 1. The predicted octanol–water partition coefficient (Wildman–Crippen LogP) is -0.111. The van der Waals surface area contributed by atoms with Gasteiger partial charge in [-0.1, -0.05) is 5.57 Å². The SMILES string of the molecule is CCNC(=O)C1CNCCN1C(=O)C=C(C)C. The predicted molar refractivity (Wildman–Crippen MR) is 66.5 cm³/mol. The third kappa shape index (κ3) is 3.85. The van der Waals surface area contributed by atoms with Crippen LogP contribution in [0.3, 0.4) is 0 Å². The van der Waals surface area contributed by atoms with E-state index in [2.05, 4.69) is 10.6 Å². The van der Waals surface area contributed by atoms with Gasteiger partial charge in [0.2, 0.25) is 11.8 Å². The summed E-state index contributed by atoms with van der Waals surface area (Å²) in [4.78, 5) is 25.4. The van der Waals surface area contributed by atoms with Crippen LogP contribution in [-0.2, 0) is 9.59 Å². The van der Waals surface area contributed by atoms with Crippen molar-refractivity contribution >= 4 is 11.8 Å². The second kappa shape index (κ2) is 6.39. The summed E-state index contributed by atoms with van der Waals surface area (Å²) in [6.45, 7) is 8.04. The number of likely N-dealkylation sites (N-methyl/N-ethyl adjacent to an activating group) is 1. The van der Waals surface area contributed by atoms with Crippen LogP contribution >= 0.6 is 0 Å². The van der Waals surface area contributed by atoms with Crippen molar-refractivity contribution in [1.29, 1.82) is 0 Å². The van der Waals surface area contributed by atoms with E-state index in [9.17, 15) is 9.59 Å². The number of nitrogens with zero attached hydrogens (tertiary/aromatic N) is 1. The number of nitrogens with one attached hydrogen (secondary N) is 2. The fourth-order valence-electron chi connectivity index (χ4n) is 1.82. The van der Waals surface area contributed by atoms with Crippen molar-refractivity contribution in [3.05, 3.63) is 11.6 Å². The Kier molecular flexibility index (Phi) is 5.15. The highest BCUT2D eigenvalue weighted by molar-refractivity contribution is 5.93. The summed E-state index contributed by atoms with van der Waals surface area (Å²) >= 11 is 0. The summed E-state index contributed by atoms with van der Waals surface area (Å²) in [5, 5.41) is 5.90. The first-order chi connectivity index (χ1) is 8.06. The minimum absolute atomic E-state index is 0.0808. The molecule has 1 aliphatic heterocycles. The quantitative estimate of drug-likeness (QED) is 0.676. The molecule has 0 aromatic carbocycles. The van der Waals surface area contributed by atoms with Crippen molar-refractivity contribution in [3.8, 4) is 0 Å². The third-order valence-electron chi connectivity index (χ3n) is 2.59. The zero-order valence-corrected chi connectivity index (χ0v) is 10.7. The van der Waals surface area contributed by atoms with Crippen molar-refractivity contribution in [1.82, 2.24) is 15.5 Å². The number of rotatable bonds is 3. The van der Waals surface area contributed by atoms with Crippen LogP contribution in [-0.4, -0.2) is 48.9 Å². The summed E-state index contributed by atoms with van der Waals surface area (Å²) in [7, 11) is 0. The monoisotopic (exact) mass is 239 g/mol. The van der Waals surface area contributed by atoms with Gasteiger partial charge in [0, 0.05) is 32.3 Å². The van der Waals surface area contributed by atoms with E-state index in [0.29, 0.717) is 19.6 Å². The molecule has 5 heteroatoms. The van der Waals surface area contributed by atoms with Gasteiger partial charge in [-0.25, -0.2) is 0 Å². The van der Waals surface area contributed by atoms with E-state index in [0.717, 1.165) is 12.1 Å². The molecule has 17 heavy (non-hydrogen) atoms. The van der Waals surface area contributed by atoms with Crippen LogP contribution < -0.4 is 10.6 Å². The van der Waals surface area contributed by atoms with E-state index >= 15 is 0 Å². The second-order valence-electron chi connectivity index (χ2n) is 4.37. The first-order valence-corrected chi connectivity index (χ1v) is 6.00. The molecule has 2 N–H and O–H groups in total. The van der Waals surface area contributed by atoms with Gasteiger partial charge in [0.15, 0.2) is 0 Å². The van der Waals surface area contributed by atoms with Crippen LogP contribution in [0.4, 0.5) is 0 Å². The van der Waals surface area contributed by atoms with Gasteiger partial charge in [-0.15, -0.1) is 0 Å². The zero-order chi connectivity index (χ0) is 12.8. The average Bonchev–Trinajstić information content (AvgIpc) is 2.28. The van der Waals surface area contributed by atoms with Crippen molar-refractivity contribution in [2.24, 2.45) is 0 Å². The van der Waals surface area contributed by atoms with Crippen LogP contribution in [0.15, 0.2) is 11.6 Å². The highest BCUT2D eigenvalue weighted by atomic mass is 16.2. The molecular formula is C12H21N3O2. The number of hydrogen-bond acceptors (Lipinski definition) is 3. The first-order valence-electron chi connectivity index (χ1n) is 6.00. The maximum Gasteiger partial charge on any atom is 0.247 e. The molecule has 1 atom stereocenters. The molecule has 1 unspecified atom stereocenters. The molecule has 0 bridgehead atoms. The molecule has 0 saturated carbocycles. The fraction of sp³-hybridized carbons (Fsp3) is 0.667. The molecule has 1 heterocycles. The molecule has 1 saturated heterocycles. The Morgan fingerprint density at radius 2 is 2.18 bits per heavy atom. The van der Waals surface area contributed by atoms with Gasteiger partial charge in [0.25, 0.3) is 0 Å². The van der Waals surface area contributed by atoms with Gasteiger partial charge >= 0.3 is 0 Å². The number of allylic oxidation sites excluding steroid dienone is 1. The normalized spacial score (nSPS) is 19.7. The van der Waals surface area contributed by atoms with Gasteiger partial charge in [0.1, 0.15) is 6.04 Å². The lowest BCUT2D eigenvalue weighted by molar-refractivity contribution is -0.138. The molecule has 96 valence electrons. The van der Waals surface area contributed by atoms with Gasteiger partial charge in [-0.05, 0) is 20.8 Å². The highest BCUT2D eigenvalue weighted by Crippen LogP contribution is 2.06. The summed E-state index contributed by atoms with van der Waals surface area (Å²) in [6.07, 6.45) is 1.58. The van der Waals surface area contributed by atoms with Crippen molar-refractivity contribution < 1.29 is 9.59 Å². The Labute approximate surface area is 102 Å². The van der Waals surface area contributed by atoms with Crippen LogP contribution in [0.5, 0.6) is 0 Å². The Hall–Kier alpha value is -1.36. The smallest absolute Gasteiger partial charge is 0.247 e. The van der Waals surface area contributed by atoms with Crippen LogP contribution in [0.25, 0.3) is 0 Å². The Morgan fingerprint density at radius 3 is 2.76 bits per heavy atom. The van der Waals surface area contributed by atoms with Gasteiger partial charge in [0.05, 0.1) is 0 Å². The van der Waals surface area contributed by atoms with E-state index in [1.165, 1.54) is 0 Å². The summed E-state index contributed by atoms with van der Waals surface area (Å²) in [5.74, 6) is -0.169. The van der Waals surface area contributed by atoms with Gasteiger partial charge in [-0.3, -0.25) is 9.59 Å². The maximum absolute atomic E-state index is 12.0. The highest BCUT2D eigenvalue weighted by Gasteiger charge is 2.30. The molecule has 0 aromatic rings. The lowest BCUT2D eigenvalue weighted by Crippen LogP contribution is -2.59. The van der Waals surface area contributed by atoms with E-state index in [-0.39, 0.29) is 11.8 Å². The molecule has 5 nitrogen and oxygen atoms in total. The average molecular weight is 239 g/mol. The van der Waals surface area contributed by atoms with Crippen LogP contribution in [0.1, 0.15) is 20.8 Å². The lowest BCUT2D eigenvalue weighted by Gasteiger charge is -2.34. The van der Waals surface area contributed by atoms with Crippen molar-refractivity contribution in [2.75, 3.05) is 26.2 Å². The second-order valence-corrected chi connectivity index (χ2v) is 4.37. The summed E-state index contributed by atoms with van der Waals surface area (Å²) in [6, 6.07) is -0.396. The molecule has 2 amide bonds. The van der Waals surface area contributed by atoms with Crippen LogP contribution in [0.2, 0.25) is 0 Å². The molecule has 0 aliphatic carbocycles. The van der Waals surface area contributed by atoms with Crippen LogP contribution in [0, 0.1) is 0 Å². The van der Waals surface area contributed by atoms with Crippen molar-refractivity contribution in [2.45, 2.75) is 26.8 Å². The molecule has 1 fully saturated rings. The topological polar surface area (TPSA) is 61.4 Å². The minimum atomic E-state index is -0.396. The van der Waals surface area contributed by atoms with Crippen molar-refractivity contribution in [3.63, 3.8) is 0 Å². The Bertz CT molecular complexity index is 322. The summed E-state index contributed by atoms with van der Waals surface area (Å²) in [5.41, 5.74) is 0.947. The number of amides is 2. The standard InChI is InChI=1S/C12H21N3O2/c1-4-14-12(17)10-8-13-5-6-15(10)11(16)7-9(2)3/h7,10,13H,4-6,8H2,1-3H3,(H,14,17). The Morgan fingerprint density at radius 1 is 1.47 bits per heavy atom. The van der Waals surface area contributed by atoms with E-state index < -0.39 is 6.04 Å². The lowest BCUT2D eigenvalue weighted by atomic mass is 10.1. The van der Waals surface area contributed by atoms with E-state index in [4.69, 9.17) is 0 Å². The molecular weight excluding hydrogens is 218 g/mol. The van der Waals surface area contributed by atoms with E-state index in [1.807, 2.05) is 20.8 Å². The molecule has 1 aliphatic rings. The number of carbonyl (C=O) groups is 2. The fourth-order valence-corrected chi connectivity index (χ4v) is 1.82. The number of hydrogen-bond donors (Lipinski definition) is 2. The van der Waals surface area contributed by atoms with Gasteiger partial charge < -0.3 is 15.5 Å². The number of carbonyl (C=O) groups excluding carboxylic acids is 2. The minimum Gasteiger partial charge on any atom is -0.355 e. The zero-order valence-electron chi connectivity index (χ0n) is 10.7. The van der Waals surface area contributed by atoms with E-state index in [1.54, 1.807) is 11.0 Å². The van der Waals surface area contributed by atoms with Gasteiger partial charge in [-0.2, -0.15) is 0 Å².